The van der Waals surface area contributed by atoms with Crippen LogP contribution in [0.15, 0.2) is 170 Å². The van der Waals surface area contributed by atoms with Crippen LogP contribution in [0, 0.1) is 0 Å². The maximum absolute atomic E-state index is 5.16. The van der Waals surface area contributed by atoms with Crippen molar-refractivity contribution in [2.45, 2.75) is 5.41 Å². The fraction of sp³-hybridized carbons (Fsp3) is 0.0208. The lowest BCUT2D eigenvalue weighted by atomic mass is 9.70. The molecule has 3 aliphatic rings. The molecule has 0 amide bonds. The van der Waals surface area contributed by atoms with Gasteiger partial charge in [0.1, 0.15) is 5.69 Å². The predicted molar refractivity (Wildman–Crippen MR) is 214 cm³/mol. The molecule has 0 N–H and O–H groups in total. The number of benzene rings is 7. The van der Waals surface area contributed by atoms with E-state index in [1.54, 1.807) is 12.4 Å². The predicted octanol–water partition coefficient (Wildman–Crippen LogP) is 10.9. The fourth-order valence-electron chi connectivity index (χ4n) is 9.31. The van der Waals surface area contributed by atoms with Gasteiger partial charge >= 0.3 is 0 Å². The van der Waals surface area contributed by atoms with Crippen molar-refractivity contribution in [3.05, 3.63) is 192 Å². The summed E-state index contributed by atoms with van der Waals surface area (Å²) in [5, 5.41) is 2.26. The number of nitrogens with zero attached hydrogens (tertiary/aromatic N) is 6. The molecule has 3 heterocycles. The first-order chi connectivity index (χ1) is 26.8. The minimum atomic E-state index is -0.483. The Morgan fingerprint density at radius 2 is 1.00 bits per heavy atom. The van der Waals surface area contributed by atoms with Gasteiger partial charge in [-0.05, 0) is 62.0 Å². The van der Waals surface area contributed by atoms with Crippen LogP contribution in [0.2, 0.25) is 0 Å². The van der Waals surface area contributed by atoms with Crippen LogP contribution < -0.4 is 4.90 Å². The summed E-state index contributed by atoms with van der Waals surface area (Å²) < 4.78 is 0. The molecule has 250 valence electrons. The maximum Gasteiger partial charge on any atom is 0.240 e. The van der Waals surface area contributed by atoms with Crippen molar-refractivity contribution in [3.63, 3.8) is 0 Å². The van der Waals surface area contributed by atoms with Gasteiger partial charge in [0, 0.05) is 34.5 Å². The van der Waals surface area contributed by atoms with E-state index in [2.05, 4.69) is 102 Å². The van der Waals surface area contributed by atoms with Gasteiger partial charge in [0.2, 0.25) is 5.95 Å². The van der Waals surface area contributed by atoms with Crippen molar-refractivity contribution < 1.29 is 0 Å². The van der Waals surface area contributed by atoms with E-state index in [1.165, 1.54) is 44.5 Å². The summed E-state index contributed by atoms with van der Waals surface area (Å²) in [5.74, 6) is 2.34. The topological polar surface area (TPSA) is 67.7 Å². The Morgan fingerprint density at radius 3 is 1.65 bits per heavy atom. The zero-order valence-electron chi connectivity index (χ0n) is 28.8. The van der Waals surface area contributed by atoms with Gasteiger partial charge in [-0.1, -0.05) is 146 Å². The molecule has 1 spiro atoms. The van der Waals surface area contributed by atoms with Crippen LogP contribution in [-0.4, -0.2) is 24.9 Å². The van der Waals surface area contributed by atoms with E-state index in [0.717, 1.165) is 38.8 Å². The third-order valence-corrected chi connectivity index (χ3v) is 11.4. The Labute approximate surface area is 311 Å². The fourth-order valence-corrected chi connectivity index (χ4v) is 9.31. The number of aromatic nitrogens is 5. The molecule has 2 aromatic heterocycles. The highest BCUT2D eigenvalue weighted by molar-refractivity contribution is 6.19. The monoisotopic (exact) mass is 688 g/mol. The zero-order chi connectivity index (χ0) is 35.4. The number of anilines is 3. The van der Waals surface area contributed by atoms with Crippen molar-refractivity contribution in [2.24, 2.45) is 0 Å². The van der Waals surface area contributed by atoms with Crippen molar-refractivity contribution in [1.29, 1.82) is 0 Å². The molecule has 0 saturated heterocycles. The smallest absolute Gasteiger partial charge is 0.240 e. The molecular weight excluding hydrogens is 661 g/mol. The molecule has 2 aliphatic carbocycles. The molecule has 6 nitrogen and oxygen atoms in total. The van der Waals surface area contributed by atoms with E-state index >= 15 is 0 Å². The Balaban J connectivity index is 1.19. The average molecular weight is 689 g/mol. The van der Waals surface area contributed by atoms with Gasteiger partial charge < -0.3 is 0 Å². The third-order valence-electron chi connectivity index (χ3n) is 11.4. The first kappa shape index (κ1) is 29.3. The Bertz CT molecular complexity index is 2910. The van der Waals surface area contributed by atoms with Crippen molar-refractivity contribution >= 4 is 28.2 Å². The van der Waals surface area contributed by atoms with E-state index in [9.17, 15) is 0 Å². The summed E-state index contributed by atoms with van der Waals surface area (Å²) in [4.78, 5) is 27.5. The van der Waals surface area contributed by atoms with Gasteiger partial charge in [0.25, 0.3) is 0 Å². The van der Waals surface area contributed by atoms with Crippen LogP contribution >= 0.6 is 0 Å². The second kappa shape index (κ2) is 10.9. The second-order valence-electron chi connectivity index (χ2n) is 14.0. The molecule has 0 atom stereocenters. The lowest BCUT2D eigenvalue weighted by molar-refractivity contribution is 0.794. The molecule has 1 aliphatic heterocycles. The summed E-state index contributed by atoms with van der Waals surface area (Å²) in [7, 11) is 0. The molecule has 7 aromatic carbocycles. The van der Waals surface area contributed by atoms with Gasteiger partial charge in [-0.25, -0.2) is 9.97 Å². The summed E-state index contributed by atoms with van der Waals surface area (Å²) in [6, 6.07) is 55.9. The van der Waals surface area contributed by atoms with E-state index < -0.39 is 5.41 Å². The van der Waals surface area contributed by atoms with Gasteiger partial charge in [0.05, 0.1) is 11.1 Å². The number of hydrogen-bond donors (Lipinski definition) is 0. The lowest BCUT2D eigenvalue weighted by Gasteiger charge is -2.33. The molecule has 12 rings (SSSR count). The van der Waals surface area contributed by atoms with Crippen molar-refractivity contribution in [2.75, 3.05) is 4.90 Å². The van der Waals surface area contributed by atoms with Crippen LogP contribution in [0.25, 0.3) is 67.1 Å². The summed E-state index contributed by atoms with van der Waals surface area (Å²) in [6.07, 6.45) is 3.54. The van der Waals surface area contributed by atoms with Crippen LogP contribution in [0.4, 0.5) is 17.5 Å². The molecule has 6 heteroatoms. The largest absolute Gasteiger partial charge is 0.260 e. The van der Waals surface area contributed by atoms with E-state index in [1.807, 2.05) is 60.7 Å². The third kappa shape index (κ3) is 3.76. The molecule has 9 aromatic rings. The summed E-state index contributed by atoms with van der Waals surface area (Å²) in [5.41, 5.74) is 14.4. The van der Waals surface area contributed by atoms with Gasteiger partial charge in [-0.2, -0.15) is 9.97 Å². The van der Waals surface area contributed by atoms with Crippen LogP contribution in [0.3, 0.4) is 0 Å². The molecule has 54 heavy (non-hydrogen) atoms. The van der Waals surface area contributed by atoms with Crippen LogP contribution in [0.1, 0.15) is 22.3 Å². The first-order valence-electron chi connectivity index (χ1n) is 18.2. The SMILES string of the molecule is c1ccc(-c2nc(-c3ccccc3)nc(N3c4nccnc4-c4cc5c(c6cccc3c46)-c3ccccc3C53c4ccccc4-c4ccccc43)n2)cc1. The van der Waals surface area contributed by atoms with E-state index in [4.69, 9.17) is 24.9 Å². The van der Waals surface area contributed by atoms with Crippen molar-refractivity contribution in [3.8, 4) is 56.3 Å². The quantitative estimate of drug-likeness (QED) is 0.184. The Morgan fingerprint density at radius 1 is 0.444 bits per heavy atom. The van der Waals surface area contributed by atoms with E-state index in [0.29, 0.717) is 23.4 Å². The molecule has 0 fully saturated rings. The minimum Gasteiger partial charge on any atom is -0.260 e. The zero-order valence-corrected chi connectivity index (χ0v) is 28.8. The molecular formula is C48H28N6. The summed E-state index contributed by atoms with van der Waals surface area (Å²) >= 11 is 0. The highest BCUT2D eigenvalue weighted by Crippen LogP contribution is 2.65. The highest BCUT2D eigenvalue weighted by Gasteiger charge is 2.52. The maximum atomic E-state index is 5.16. The Kier molecular flexibility index (Phi) is 5.89. The van der Waals surface area contributed by atoms with Crippen LogP contribution in [0.5, 0.6) is 0 Å². The number of fused-ring (bicyclic) bond motifs is 13. The average Bonchev–Trinajstić information content (AvgIpc) is 3.72. The molecule has 0 saturated carbocycles. The normalized spacial score (nSPS) is 13.7. The van der Waals surface area contributed by atoms with Crippen molar-refractivity contribution in [1.82, 2.24) is 24.9 Å². The number of rotatable bonds is 3. The first-order valence-corrected chi connectivity index (χ1v) is 18.2. The lowest BCUT2D eigenvalue weighted by Crippen LogP contribution is -2.26. The standard InChI is InChI=1S/C48H28N6/c1-3-14-29(15-4-1)44-51-45(30-16-5-2-6-17-30)53-47(52-44)54-40-25-13-21-34-41-33-20-9-12-24-38(33)48(36-22-10-7-18-31(36)32-19-8-11-23-37(32)48)39(41)28-35(42(34)40)43-46(54)50-27-26-49-43/h1-28H. The number of hydrogen-bond acceptors (Lipinski definition) is 6. The second-order valence-corrected chi connectivity index (χ2v) is 14.0. The van der Waals surface area contributed by atoms with Gasteiger partial charge in [-0.15, -0.1) is 0 Å². The van der Waals surface area contributed by atoms with Crippen LogP contribution in [-0.2, 0) is 5.41 Å². The minimum absolute atomic E-state index is 0.483. The van der Waals surface area contributed by atoms with Gasteiger partial charge in [-0.3, -0.25) is 9.88 Å². The molecule has 0 bridgehead atoms. The highest BCUT2D eigenvalue weighted by atomic mass is 15.3. The van der Waals surface area contributed by atoms with Gasteiger partial charge in [0.15, 0.2) is 17.5 Å². The molecule has 0 unspecified atom stereocenters. The van der Waals surface area contributed by atoms with E-state index in [-0.39, 0.29) is 0 Å². The summed E-state index contributed by atoms with van der Waals surface area (Å²) in [6.45, 7) is 0. The molecule has 0 radical (unpaired) electrons. The Hall–Kier alpha value is -7.31.